The molecular formula is C14H21N3O2. The van der Waals surface area contributed by atoms with Crippen molar-refractivity contribution >= 4 is 5.91 Å². The summed E-state index contributed by atoms with van der Waals surface area (Å²) in [5.74, 6) is 0.0462. The second-order valence-corrected chi connectivity index (χ2v) is 5.89. The Morgan fingerprint density at radius 2 is 2.05 bits per heavy atom. The summed E-state index contributed by atoms with van der Waals surface area (Å²) in [5, 5.41) is 9.47. The average molecular weight is 263 g/mol. The standard InChI is InChI=1S/C14H21N3O2/c15-11-14(3-8-19-9-4-14)13(18)17-7-6-16-5-1-2-12(16)10-17/h12H,1-10H2. The largest absolute Gasteiger partial charge is 0.381 e. The predicted octanol–water partition coefficient (Wildman–Crippen LogP) is 0.613. The molecule has 3 heterocycles. The molecule has 1 amide bonds. The zero-order chi connectivity index (χ0) is 13.3. The topological polar surface area (TPSA) is 56.6 Å². The smallest absolute Gasteiger partial charge is 0.243 e. The van der Waals surface area contributed by atoms with Crippen LogP contribution in [-0.4, -0.2) is 61.1 Å². The molecule has 0 aromatic carbocycles. The van der Waals surface area contributed by atoms with Crippen LogP contribution in [0.1, 0.15) is 25.7 Å². The normalized spacial score (nSPS) is 30.7. The second kappa shape index (κ2) is 5.10. The number of hydrogen-bond donors (Lipinski definition) is 0. The Labute approximate surface area is 114 Å². The Bertz CT molecular complexity index is 398. The summed E-state index contributed by atoms with van der Waals surface area (Å²) in [7, 11) is 0. The Morgan fingerprint density at radius 3 is 2.79 bits per heavy atom. The number of nitriles is 1. The van der Waals surface area contributed by atoms with Gasteiger partial charge in [-0.25, -0.2) is 0 Å². The van der Waals surface area contributed by atoms with Gasteiger partial charge in [0.25, 0.3) is 0 Å². The van der Waals surface area contributed by atoms with Crippen LogP contribution in [0.3, 0.4) is 0 Å². The fraction of sp³-hybridized carbons (Fsp3) is 0.857. The van der Waals surface area contributed by atoms with Crippen molar-refractivity contribution in [2.24, 2.45) is 5.41 Å². The summed E-state index contributed by atoms with van der Waals surface area (Å²) in [4.78, 5) is 17.1. The summed E-state index contributed by atoms with van der Waals surface area (Å²) in [6.45, 7) is 4.78. The van der Waals surface area contributed by atoms with E-state index in [9.17, 15) is 10.1 Å². The summed E-state index contributed by atoms with van der Waals surface area (Å²) in [6.07, 6.45) is 3.52. The van der Waals surface area contributed by atoms with E-state index >= 15 is 0 Å². The van der Waals surface area contributed by atoms with E-state index in [1.54, 1.807) is 0 Å². The predicted molar refractivity (Wildman–Crippen MR) is 69.3 cm³/mol. The van der Waals surface area contributed by atoms with Crippen LogP contribution >= 0.6 is 0 Å². The molecule has 3 rings (SSSR count). The number of amides is 1. The molecule has 0 saturated carbocycles. The highest BCUT2D eigenvalue weighted by Gasteiger charge is 2.45. The van der Waals surface area contributed by atoms with Crippen LogP contribution in [-0.2, 0) is 9.53 Å². The number of rotatable bonds is 1. The fourth-order valence-corrected chi connectivity index (χ4v) is 3.57. The van der Waals surface area contributed by atoms with Gasteiger partial charge in [0, 0.05) is 38.9 Å². The van der Waals surface area contributed by atoms with E-state index in [2.05, 4.69) is 11.0 Å². The number of piperazine rings is 1. The second-order valence-electron chi connectivity index (χ2n) is 5.89. The maximum absolute atomic E-state index is 12.7. The van der Waals surface area contributed by atoms with Crippen LogP contribution in [0.5, 0.6) is 0 Å². The Morgan fingerprint density at radius 1 is 1.26 bits per heavy atom. The van der Waals surface area contributed by atoms with Crippen molar-refractivity contribution in [3.8, 4) is 6.07 Å². The number of fused-ring (bicyclic) bond motifs is 1. The van der Waals surface area contributed by atoms with Crippen molar-refractivity contribution in [1.82, 2.24) is 9.80 Å². The first kappa shape index (κ1) is 12.9. The summed E-state index contributed by atoms with van der Waals surface area (Å²) >= 11 is 0. The number of ether oxygens (including phenoxy) is 1. The molecule has 19 heavy (non-hydrogen) atoms. The van der Waals surface area contributed by atoms with Gasteiger partial charge in [0.05, 0.1) is 6.07 Å². The van der Waals surface area contributed by atoms with E-state index in [0.717, 1.165) is 19.6 Å². The van der Waals surface area contributed by atoms with Gasteiger partial charge < -0.3 is 9.64 Å². The van der Waals surface area contributed by atoms with Crippen LogP contribution in [0.2, 0.25) is 0 Å². The first-order chi connectivity index (χ1) is 9.25. The molecule has 3 fully saturated rings. The molecule has 104 valence electrons. The minimum Gasteiger partial charge on any atom is -0.381 e. The molecule has 0 radical (unpaired) electrons. The molecule has 0 aromatic rings. The zero-order valence-corrected chi connectivity index (χ0v) is 11.3. The highest BCUT2D eigenvalue weighted by atomic mass is 16.5. The van der Waals surface area contributed by atoms with E-state index in [4.69, 9.17) is 4.74 Å². The lowest BCUT2D eigenvalue weighted by molar-refractivity contribution is -0.146. The molecule has 5 heteroatoms. The van der Waals surface area contributed by atoms with E-state index in [1.165, 1.54) is 19.4 Å². The van der Waals surface area contributed by atoms with Crippen LogP contribution in [0.15, 0.2) is 0 Å². The van der Waals surface area contributed by atoms with E-state index < -0.39 is 5.41 Å². The number of nitrogens with zero attached hydrogens (tertiary/aromatic N) is 3. The van der Waals surface area contributed by atoms with E-state index in [1.807, 2.05) is 4.90 Å². The third-order valence-electron chi connectivity index (χ3n) is 4.84. The summed E-state index contributed by atoms with van der Waals surface area (Å²) in [6, 6.07) is 2.81. The molecule has 3 aliphatic rings. The molecule has 0 aromatic heterocycles. The lowest BCUT2D eigenvalue weighted by Gasteiger charge is -2.41. The van der Waals surface area contributed by atoms with Crippen molar-refractivity contribution < 1.29 is 9.53 Å². The lowest BCUT2D eigenvalue weighted by Crippen LogP contribution is -2.56. The van der Waals surface area contributed by atoms with Crippen molar-refractivity contribution in [3.63, 3.8) is 0 Å². The van der Waals surface area contributed by atoms with Gasteiger partial charge in [-0.15, -0.1) is 0 Å². The number of carbonyl (C=O) groups excluding carboxylic acids is 1. The van der Waals surface area contributed by atoms with Gasteiger partial charge in [-0.3, -0.25) is 9.69 Å². The first-order valence-corrected chi connectivity index (χ1v) is 7.28. The first-order valence-electron chi connectivity index (χ1n) is 7.28. The molecule has 0 spiro atoms. The van der Waals surface area contributed by atoms with Crippen molar-refractivity contribution in [3.05, 3.63) is 0 Å². The quantitative estimate of drug-likeness (QED) is 0.695. The number of carbonyl (C=O) groups is 1. The molecular weight excluding hydrogens is 242 g/mol. The van der Waals surface area contributed by atoms with Crippen LogP contribution in [0.25, 0.3) is 0 Å². The lowest BCUT2D eigenvalue weighted by atomic mass is 9.80. The van der Waals surface area contributed by atoms with Gasteiger partial charge in [0.15, 0.2) is 0 Å². The molecule has 3 saturated heterocycles. The molecule has 0 bridgehead atoms. The maximum atomic E-state index is 12.7. The highest BCUT2D eigenvalue weighted by molar-refractivity contribution is 5.85. The van der Waals surface area contributed by atoms with E-state index in [0.29, 0.717) is 32.1 Å². The molecule has 0 N–H and O–H groups in total. The molecule has 1 atom stereocenters. The average Bonchev–Trinajstić information content (AvgIpc) is 2.94. The van der Waals surface area contributed by atoms with Crippen LogP contribution in [0.4, 0.5) is 0 Å². The monoisotopic (exact) mass is 263 g/mol. The van der Waals surface area contributed by atoms with Crippen molar-refractivity contribution in [2.45, 2.75) is 31.7 Å². The van der Waals surface area contributed by atoms with Gasteiger partial charge >= 0.3 is 0 Å². The minimum absolute atomic E-state index is 0.0462. The summed E-state index contributed by atoms with van der Waals surface area (Å²) in [5.41, 5.74) is -0.820. The molecule has 0 aliphatic carbocycles. The van der Waals surface area contributed by atoms with Gasteiger partial charge in [-0.2, -0.15) is 5.26 Å². The van der Waals surface area contributed by atoms with Crippen molar-refractivity contribution in [2.75, 3.05) is 39.4 Å². The van der Waals surface area contributed by atoms with E-state index in [-0.39, 0.29) is 5.91 Å². The maximum Gasteiger partial charge on any atom is 0.243 e. The van der Waals surface area contributed by atoms with Gasteiger partial charge in [-0.1, -0.05) is 0 Å². The zero-order valence-electron chi connectivity index (χ0n) is 11.3. The van der Waals surface area contributed by atoms with Crippen molar-refractivity contribution in [1.29, 1.82) is 5.26 Å². The minimum atomic E-state index is -0.820. The Kier molecular flexibility index (Phi) is 3.46. The summed E-state index contributed by atoms with van der Waals surface area (Å²) < 4.78 is 5.30. The van der Waals surface area contributed by atoms with Crippen LogP contribution < -0.4 is 0 Å². The van der Waals surface area contributed by atoms with Gasteiger partial charge in [-0.05, 0) is 32.2 Å². The molecule has 1 unspecified atom stereocenters. The number of hydrogen-bond acceptors (Lipinski definition) is 4. The van der Waals surface area contributed by atoms with Gasteiger partial charge in [0.2, 0.25) is 5.91 Å². The third kappa shape index (κ3) is 2.24. The fourth-order valence-electron chi connectivity index (χ4n) is 3.57. The SMILES string of the molecule is N#CC1(C(=O)N2CCN3CCCC3C2)CCOCC1. The third-order valence-corrected chi connectivity index (χ3v) is 4.84. The van der Waals surface area contributed by atoms with Gasteiger partial charge in [0.1, 0.15) is 5.41 Å². The molecule has 5 nitrogen and oxygen atoms in total. The highest BCUT2D eigenvalue weighted by Crippen LogP contribution is 2.33. The van der Waals surface area contributed by atoms with Crippen LogP contribution in [0, 0.1) is 16.7 Å². The Hall–Kier alpha value is -1.12. The molecule has 3 aliphatic heterocycles. The Balaban J connectivity index is 1.71.